The first-order valence-corrected chi connectivity index (χ1v) is 7.73. The maximum atomic E-state index is 11.8. The Hall–Kier alpha value is -0.770. The van der Waals surface area contributed by atoms with Gasteiger partial charge in [-0.2, -0.15) is 0 Å². The van der Waals surface area contributed by atoms with Crippen LogP contribution >= 0.6 is 0 Å². The Kier molecular flexibility index (Phi) is 13.3. The molecule has 1 heterocycles. The van der Waals surface area contributed by atoms with E-state index in [0.29, 0.717) is 12.0 Å². The summed E-state index contributed by atoms with van der Waals surface area (Å²) in [5, 5.41) is 3.27. The molecule has 0 aromatic rings. The van der Waals surface area contributed by atoms with Gasteiger partial charge < -0.3 is 15.1 Å². The zero-order valence-electron chi connectivity index (χ0n) is 14.3. The number of hydrogen-bond donors (Lipinski definition) is 1. The van der Waals surface area contributed by atoms with E-state index in [1.54, 1.807) is 4.90 Å². The van der Waals surface area contributed by atoms with Gasteiger partial charge in [-0.1, -0.05) is 41.5 Å². The van der Waals surface area contributed by atoms with Gasteiger partial charge in [0.15, 0.2) is 0 Å². The summed E-state index contributed by atoms with van der Waals surface area (Å²) in [6, 6.07) is 0.558. The molecule has 1 unspecified atom stereocenters. The molecule has 2 amide bonds. The number of nitrogens with zero attached hydrogens (tertiary/aromatic N) is 2. The fourth-order valence-corrected chi connectivity index (χ4v) is 1.97. The summed E-state index contributed by atoms with van der Waals surface area (Å²) in [5.41, 5.74) is 0. The number of rotatable bonds is 4. The summed E-state index contributed by atoms with van der Waals surface area (Å²) < 4.78 is 0. The molecule has 1 atom stereocenters. The molecule has 1 fully saturated rings. The highest BCUT2D eigenvalue weighted by molar-refractivity contribution is 5.74. The van der Waals surface area contributed by atoms with Gasteiger partial charge in [0.2, 0.25) is 0 Å². The van der Waals surface area contributed by atoms with Crippen molar-refractivity contribution in [1.29, 1.82) is 0 Å². The molecule has 19 heavy (non-hydrogen) atoms. The molecule has 0 bridgehead atoms. The van der Waals surface area contributed by atoms with Crippen molar-refractivity contribution in [1.82, 2.24) is 15.1 Å². The van der Waals surface area contributed by atoms with Crippen molar-refractivity contribution in [2.45, 2.75) is 54.0 Å². The van der Waals surface area contributed by atoms with Crippen molar-refractivity contribution in [2.75, 3.05) is 33.7 Å². The lowest BCUT2D eigenvalue weighted by molar-refractivity contribution is 0.132. The Morgan fingerprint density at radius 2 is 1.68 bits per heavy atom. The predicted octanol–water partition coefficient (Wildman–Crippen LogP) is 3.04. The van der Waals surface area contributed by atoms with Gasteiger partial charge in [0.25, 0.3) is 0 Å². The molecular weight excluding hydrogens is 238 g/mol. The lowest BCUT2D eigenvalue weighted by Gasteiger charge is -2.36. The average Bonchev–Trinajstić information content (AvgIpc) is 2.44. The van der Waals surface area contributed by atoms with E-state index >= 15 is 0 Å². The first kappa shape index (κ1) is 20.5. The quantitative estimate of drug-likeness (QED) is 0.854. The number of carbonyl (C=O) groups is 1. The number of hydrogen-bond acceptors (Lipinski definition) is 2. The molecule has 0 aliphatic carbocycles. The van der Waals surface area contributed by atoms with E-state index in [0.717, 1.165) is 26.1 Å². The van der Waals surface area contributed by atoms with Crippen LogP contribution in [0.15, 0.2) is 0 Å². The van der Waals surface area contributed by atoms with Gasteiger partial charge in [0.1, 0.15) is 0 Å². The van der Waals surface area contributed by atoms with Crippen LogP contribution in [0.1, 0.15) is 48.0 Å². The Balaban J connectivity index is 0. The van der Waals surface area contributed by atoms with Gasteiger partial charge in [0.05, 0.1) is 0 Å². The second-order valence-corrected chi connectivity index (χ2v) is 4.64. The highest BCUT2D eigenvalue weighted by atomic mass is 16.2. The van der Waals surface area contributed by atoms with Gasteiger partial charge >= 0.3 is 6.03 Å². The van der Waals surface area contributed by atoms with Gasteiger partial charge in [-0.25, -0.2) is 4.79 Å². The third-order valence-electron chi connectivity index (χ3n) is 3.11. The van der Waals surface area contributed by atoms with Crippen LogP contribution in [0.2, 0.25) is 0 Å². The fraction of sp³-hybridized carbons (Fsp3) is 0.933. The van der Waals surface area contributed by atoms with E-state index < -0.39 is 0 Å². The van der Waals surface area contributed by atoms with Crippen molar-refractivity contribution < 1.29 is 4.79 Å². The first-order valence-electron chi connectivity index (χ1n) is 7.73. The minimum absolute atomic E-state index is 0.169. The highest BCUT2D eigenvalue weighted by Crippen LogP contribution is 2.10. The van der Waals surface area contributed by atoms with Gasteiger partial charge in [-0.3, -0.25) is 0 Å². The van der Waals surface area contributed by atoms with Crippen molar-refractivity contribution in [2.24, 2.45) is 5.92 Å². The number of nitrogens with one attached hydrogen (secondary N) is 1. The van der Waals surface area contributed by atoms with E-state index in [2.05, 4.69) is 19.2 Å². The van der Waals surface area contributed by atoms with Gasteiger partial charge in [-0.05, 0) is 19.4 Å². The van der Waals surface area contributed by atoms with Crippen LogP contribution in [0.3, 0.4) is 0 Å². The largest absolute Gasteiger partial charge is 0.328 e. The van der Waals surface area contributed by atoms with E-state index in [1.165, 1.54) is 0 Å². The summed E-state index contributed by atoms with van der Waals surface area (Å²) >= 11 is 0. The molecule has 0 spiro atoms. The van der Waals surface area contributed by atoms with Crippen LogP contribution in [0, 0.1) is 5.92 Å². The molecule has 0 radical (unpaired) electrons. The van der Waals surface area contributed by atoms with Crippen LogP contribution in [0.25, 0.3) is 0 Å². The fourth-order valence-electron chi connectivity index (χ4n) is 1.97. The minimum atomic E-state index is 0.169. The zero-order chi connectivity index (χ0) is 15.4. The number of urea groups is 1. The summed E-state index contributed by atoms with van der Waals surface area (Å²) in [4.78, 5) is 15.6. The molecular formula is C15H35N3O. The topological polar surface area (TPSA) is 35.6 Å². The lowest BCUT2D eigenvalue weighted by Crippen LogP contribution is -2.52. The van der Waals surface area contributed by atoms with E-state index in [9.17, 15) is 4.79 Å². The second-order valence-electron chi connectivity index (χ2n) is 4.64. The molecule has 0 saturated carbocycles. The first-order chi connectivity index (χ1) is 9.06. The van der Waals surface area contributed by atoms with Crippen molar-refractivity contribution in [3.05, 3.63) is 0 Å². The third-order valence-corrected chi connectivity index (χ3v) is 3.11. The maximum Gasteiger partial charge on any atom is 0.319 e. The summed E-state index contributed by atoms with van der Waals surface area (Å²) in [6.45, 7) is 15.0. The molecule has 0 aromatic carbocycles. The van der Waals surface area contributed by atoms with Crippen LogP contribution in [0.5, 0.6) is 0 Å². The predicted molar refractivity (Wildman–Crippen MR) is 84.6 cm³/mol. The molecule has 116 valence electrons. The number of carbonyl (C=O) groups excluding carboxylic acids is 1. The molecule has 1 aliphatic rings. The van der Waals surface area contributed by atoms with Crippen molar-refractivity contribution >= 4 is 6.03 Å². The zero-order valence-corrected chi connectivity index (χ0v) is 14.3. The molecule has 4 heteroatoms. The van der Waals surface area contributed by atoms with E-state index in [1.807, 2.05) is 46.7 Å². The smallest absolute Gasteiger partial charge is 0.319 e. The standard InChI is InChI=1S/C11H23N3O.2C2H6/c1-9(2)10(12-3)8-14-7-5-6-13(4)11(14)15;2*1-2/h9-10,12H,5-8H2,1-4H3;2*1-2H3. The van der Waals surface area contributed by atoms with E-state index in [-0.39, 0.29) is 6.03 Å². The van der Waals surface area contributed by atoms with Crippen LogP contribution < -0.4 is 5.32 Å². The van der Waals surface area contributed by atoms with Crippen LogP contribution in [0.4, 0.5) is 4.79 Å². The third kappa shape index (κ3) is 7.41. The van der Waals surface area contributed by atoms with Gasteiger partial charge in [0, 0.05) is 32.7 Å². The van der Waals surface area contributed by atoms with Crippen molar-refractivity contribution in [3.63, 3.8) is 0 Å². The summed E-state index contributed by atoms with van der Waals surface area (Å²) in [5.74, 6) is 0.551. The normalized spacial score (nSPS) is 16.4. The van der Waals surface area contributed by atoms with Crippen LogP contribution in [-0.4, -0.2) is 55.6 Å². The minimum Gasteiger partial charge on any atom is -0.328 e. The Morgan fingerprint density at radius 1 is 1.16 bits per heavy atom. The SMILES string of the molecule is CC.CC.CNC(CN1CCCN(C)C1=O)C(C)C. The number of likely N-dealkylation sites (N-methyl/N-ethyl adjacent to an activating group) is 1. The average molecular weight is 273 g/mol. The molecule has 0 aromatic heterocycles. The molecule has 4 nitrogen and oxygen atoms in total. The molecule has 1 rings (SSSR count). The summed E-state index contributed by atoms with van der Waals surface area (Å²) in [6.07, 6.45) is 1.08. The molecule has 1 saturated heterocycles. The number of amides is 2. The monoisotopic (exact) mass is 273 g/mol. The molecule has 1 aliphatic heterocycles. The lowest BCUT2D eigenvalue weighted by atomic mass is 10.0. The second kappa shape index (κ2) is 12.3. The Labute approximate surface area is 120 Å². The maximum absolute atomic E-state index is 11.8. The highest BCUT2D eigenvalue weighted by Gasteiger charge is 2.25. The summed E-state index contributed by atoms with van der Waals surface area (Å²) in [7, 11) is 3.83. The van der Waals surface area contributed by atoms with Gasteiger partial charge in [-0.15, -0.1) is 0 Å². The van der Waals surface area contributed by atoms with Crippen LogP contribution in [-0.2, 0) is 0 Å². The van der Waals surface area contributed by atoms with Crippen molar-refractivity contribution in [3.8, 4) is 0 Å². The molecule has 1 N–H and O–H groups in total. The Morgan fingerprint density at radius 3 is 2.11 bits per heavy atom. The Bertz CT molecular complexity index is 219. The van der Waals surface area contributed by atoms with E-state index in [4.69, 9.17) is 0 Å².